The number of nitrogens with one attached hydrogen (secondary N) is 2. The molecule has 19 heavy (non-hydrogen) atoms. The van der Waals surface area contributed by atoms with E-state index in [1.54, 1.807) is 12.1 Å². The lowest BCUT2D eigenvalue weighted by Gasteiger charge is -2.10. The number of carbonyl (C=O) groups excluding carboxylic acids is 2. The summed E-state index contributed by atoms with van der Waals surface area (Å²) in [6.45, 7) is 1.37. The molecule has 0 bridgehead atoms. The van der Waals surface area contributed by atoms with Gasteiger partial charge in [0.15, 0.2) is 0 Å². The highest BCUT2D eigenvalue weighted by atomic mass is 127. The summed E-state index contributed by atoms with van der Waals surface area (Å²) >= 11 is 2.18. The molecule has 0 atom stereocenters. The van der Waals surface area contributed by atoms with E-state index in [2.05, 4.69) is 33.2 Å². The highest BCUT2D eigenvalue weighted by Gasteiger charge is 2.12. The highest BCUT2D eigenvalue weighted by Crippen LogP contribution is 2.10. The molecule has 0 unspecified atom stereocenters. The Bertz CT molecular complexity index is 432. The zero-order valence-electron chi connectivity index (χ0n) is 11.1. The summed E-state index contributed by atoms with van der Waals surface area (Å²) in [7, 11) is 3.93. The number of hydrogen-bond acceptors (Lipinski definition) is 3. The topological polar surface area (TPSA) is 61.4 Å². The van der Waals surface area contributed by atoms with Crippen molar-refractivity contribution < 1.29 is 9.59 Å². The van der Waals surface area contributed by atoms with Crippen LogP contribution in [-0.4, -0.2) is 43.9 Å². The van der Waals surface area contributed by atoms with E-state index in [4.69, 9.17) is 0 Å². The van der Waals surface area contributed by atoms with E-state index in [-0.39, 0.29) is 0 Å². The van der Waals surface area contributed by atoms with Gasteiger partial charge in [0.1, 0.15) is 0 Å². The summed E-state index contributed by atoms with van der Waals surface area (Å²) in [6.07, 6.45) is 0.815. The summed E-state index contributed by atoms with van der Waals surface area (Å²) in [5.74, 6) is -1.23. The van der Waals surface area contributed by atoms with Crippen LogP contribution < -0.4 is 10.6 Å². The summed E-state index contributed by atoms with van der Waals surface area (Å²) in [6, 6.07) is 7.26. The van der Waals surface area contributed by atoms with Gasteiger partial charge in [0.25, 0.3) is 0 Å². The van der Waals surface area contributed by atoms with Crippen molar-refractivity contribution in [3.8, 4) is 0 Å². The van der Waals surface area contributed by atoms with Crippen molar-refractivity contribution in [2.75, 3.05) is 32.5 Å². The Labute approximate surface area is 126 Å². The van der Waals surface area contributed by atoms with E-state index < -0.39 is 11.8 Å². The number of hydrogen-bond donors (Lipinski definition) is 2. The van der Waals surface area contributed by atoms with Crippen molar-refractivity contribution in [3.05, 3.63) is 27.8 Å². The van der Waals surface area contributed by atoms with E-state index in [0.29, 0.717) is 12.2 Å². The van der Waals surface area contributed by atoms with Crippen LogP contribution in [0.4, 0.5) is 5.69 Å². The molecule has 1 aromatic carbocycles. The Morgan fingerprint density at radius 2 is 1.79 bits per heavy atom. The van der Waals surface area contributed by atoms with Gasteiger partial charge in [0.2, 0.25) is 0 Å². The van der Waals surface area contributed by atoms with Crippen molar-refractivity contribution in [1.29, 1.82) is 0 Å². The lowest BCUT2D eigenvalue weighted by molar-refractivity contribution is -0.136. The number of halogens is 1. The lowest BCUT2D eigenvalue weighted by Crippen LogP contribution is -2.36. The van der Waals surface area contributed by atoms with Gasteiger partial charge in [-0.1, -0.05) is 0 Å². The molecule has 0 heterocycles. The number of amides is 2. The Kier molecular flexibility index (Phi) is 6.79. The van der Waals surface area contributed by atoms with E-state index >= 15 is 0 Å². The first kappa shape index (κ1) is 15.9. The van der Waals surface area contributed by atoms with Crippen molar-refractivity contribution in [3.63, 3.8) is 0 Å². The van der Waals surface area contributed by atoms with E-state index in [0.717, 1.165) is 16.5 Å². The lowest BCUT2D eigenvalue weighted by atomic mass is 10.3. The fourth-order valence-corrected chi connectivity index (χ4v) is 1.76. The fourth-order valence-electron chi connectivity index (χ4n) is 1.40. The van der Waals surface area contributed by atoms with E-state index in [9.17, 15) is 9.59 Å². The first-order valence-corrected chi connectivity index (χ1v) is 7.06. The number of nitrogens with zero attached hydrogens (tertiary/aromatic N) is 1. The molecule has 1 aromatic rings. The molecule has 2 N–H and O–H groups in total. The monoisotopic (exact) mass is 375 g/mol. The second-order valence-electron chi connectivity index (χ2n) is 4.37. The third-order valence-corrected chi connectivity index (χ3v) is 3.10. The second kappa shape index (κ2) is 8.11. The number of benzene rings is 1. The highest BCUT2D eigenvalue weighted by molar-refractivity contribution is 14.1. The minimum absolute atomic E-state index is 0.497. The second-order valence-corrected chi connectivity index (χ2v) is 5.62. The molecule has 0 aliphatic carbocycles. The first-order chi connectivity index (χ1) is 8.99. The third kappa shape index (κ3) is 6.53. The molecule has 0 spiro atoms. The smallest absolute Gasteiger partial charge is 0.313 e. The summed E-state index contributed by atoms with van der Waals surface area (Å²) in [4.78, 5) is 25.1. The third-order valence-electron chi connectivity index (χ3n) is 2.38. The number of carbonyl (C=O) groups is 2. The summed E-state index contributed by atoms with van der Waals surface area (Å²) in [5.41, 5.74) is 0.619. The quantitative estimate of drug-likeness (QED) is 0.463. The molecule has 0 saturated carbocycles. The Morgan fingerprint density at radius 1 is 1.16 bits per heavy atom. The van der Waals surface area contributed by atoms with Gasteiger partial charge in [0, 0.05) is 15.8 Å². The molecule has 104 valence electrons. The minimum Gasteiger partial charge on any atom is -0.348 e. The molecule has 2 amide bonds. The van der Waals surface area contributed by atoms with Crippen LogP contribution >= 0.6 is 22.6 Å². The predicted octanol–water partition coefficient (Wildman–Crippen LogP) is 1.30. The van der Waals surface area contributed by atoms with Crippen LogP contribution in [0, 0.1) is 3.57 Å². The number of anilines is 1. The van der Waals surface area contributed by atoms with Gasteiger partial charge in [-0.2, -0.15) is 0 Å². The zero-order chi connectivity index (χ0) is 14.3. The molecule has 0 fully saturated rings. The Hall–Kier alpha value is -1.15. The zero-order valence-corrected chi connectivity index (χ0v) is 13.2. The van der Waals surface area contributed by atoms with Gasteiger partial charge in [-0.15, -0.1) is 0 Å². The standard InChI is InChI=1S/C13H18IN3O2/c1-17(2)9-3-8-15-12(18)13(19)16-11-6-4-10(14)5-7-11/h4-7H,3,8-9H2,1-2H3,(H,15,18)(H,16,19). The average molecular weight is 375 g/mol. The summed E-state index contributed by atoms with van der Waals surface area (Å²) in [5, 5.41) is 5.14. The minimum atomic E-state index is -0.633. The molecule has 0 aliphatic heterocycles. The van der Waals surface area contributed by atoms with E-state index in [1.165, 1.54) is 0 Å². The van der Waals surface area contributed by atoms with Crippen LogP contribution in [0.25, 0.3) is 0 Å². The van der Waals surface area contributed by atoms with Gasteiger partial charge in [0.05, 0.1) is 0 Å². The molecular weight excluding hydrogens is 357 g/mol. The van der Waals surface area contributed by atoms with Crippen LogP contribution in [0.15, 0.2) is 24.3 Å². The Morgan fingerprint density at radius 3 is 2.37 bits per heavy atom. The maximum Gasteiger partial charge on any atom is 0.313 e. The average Bonchev–Trinajstić information content (AvgIpc) is 2.36. The van der Waals surface area contributed by atoms with Gasteiger partial charge < -0.3 is 15.5 Å². The van der Waals surface area contributed by atoms with Gasteiger partial charge >= 0.3 is 11.8 Å². The normalized spacial score (nSPS) is 10.3. The Balaban J connectivity index is 2.32. The maximum absolute atomic E-state index is 11.6. The van der Waals surface area contributed by atoms with Crippen LogP contribution in [0.5, 0.6) is 0 Å². The number of rotatable bonds is 5. The summed E-state index contributed by atoms with van der Waals surface area (Å²) < 4.78 is 1.07. The van der Waals surface area contributed by atoms with Crippen LogP contribution in [0.3, 0.4) is 0 Å². The molecule has 6 heteroatoms. The molecule has 0 saturated heterocycles. The molecule has 1 rings (SSSR count). The van der Waals surface area contributed by atoms with Crippen molar-refractivity contribution in [1.82, 2.24) is 10.2 Å². The van der Waals surface area contributed by atoms with Crippen molar-refractivity contribution >= 4 is 40.1 Å². The van der Waals surface area contributed by atoms with Crippen molar-refractivity contribution in [2.24, 2.45) is 0 Å². The molecule has 0 radical (unpaired) electrons. The van der Waals surface area contributed by atoms with Gasteiger partial charge in [-0.3, -0.25) is 9.59 Å². The van der Waals surface area contributed by atoms with Gasteiger partial charge in [-0.25, -0.2) is 0 Å². The molecular formula is C13H18IN3O2. The molecule has 5 nitrogen and oxygen atoms in total. The SMILES string of the molecule is CN(C)CCCNC(=O)C(=O)Nc1ccc(I)cc1. The van der Waals surface area contributed by atoms with Crippen molar-refractivity contribution in [2.45, 2.75) is 6.42 Å². The van der Waals surface area contributed by atoms with E-state index in [1.807, 2.05) is 31.1 Å². The first-order valence-electron chi connectivity index (χ1n) is 5.98. The maximum atomic E-state index is 11.6. The van der Waals surface area contributed by atoms with Gasteiger partial charge in [-0.05, 0) is 73.9 Å². The fraction of sp³-hybridized carbons (Fsp3) is 0.385. The van der Waals surface area contributed by atoms with Crippen LogP contribution in [0.2, 0.25) is 0 Å². The van der Waals surface area contributed by atoms with Crippen LogP contribution in [-0.2, 0) is 9.59 Å². The molecule has 0 aromatic heterocycles. The molecule has 0 aliphatic rings. The predicted molar refractivity (Wildman–Crippen MR) is 84.0 cm³/mol. The largest absolute Gasteiger partial charge is 0.348 e. The van der Waals surface area contributed by atoms with Crippen LogP contribution in [0.1, 0.15) is 6.42 Å².